The van der Waals surface area contributed by atoms with E-state index in [2.05, 4.69) is 15.3 Å². The lowest BCUT2D eigenvalue weighted by Gasteiger charge is -2.44. The Morgan fingerprint density at radius 3 is 2.53 bits per heavy atom. The molecule has 0 fully saturated rings. The summed E-state index contributed by atoms with van der Waals surface area (Å²) in [6, 6.07) is 0.735. The Labute approximate surface area is 190 Å². The maximum atomic E-state index is 14.4. The second-order valence-electron chi connectivity index (χ2n) is 7.93. The van der Waals surface area contributed by atoms with E-state index < -0.39 is 47.2 Å². The van der Waals surface area contributed by atoms with Crippen LogP contribution in [0.25, 0.3) is 16.5 Å². The van der Waals surface area contributed by atoms with Crippen molar-refractivity contribution in [2.45, 2.75) is 38.1 Å². The molecule has 1 aromatic heterocycles. The summed E-state index contributed by atoms with van der Waals surface area (Å²) in [5.41, 5.74) is -4.18. The highest BCUT2D eigenvalue weighted by Gasteiger charge is 2.62. The molecule has 4 rings (SSSR count). The van der Waals surface area contributed by atoms with Crippen LogP contribution in [0.4, 0.5) is 32.0 Å². The highest BCUT2D eigenvalue weighted by molar-refractivity contribution is 5.92. The predicted octanol–water partition coefficient (Wildman–Crippen LogP) is 5.62. The minimum Gasteiger partial charge on any atom is -0.493 e. The fourth-order valence-electron chi connectivity index (χ4n) is 4.28. The molecule has 3 aromatic rings. The van der Waals surface area contributed by atoms with Gasteiger partial charge in [0.2, 0.25) is 0 Å². The van der Waals surface area contributed by atoms with Crippen molar-refractivity contribution >= 4 is 22.2 Å². The SMILES string of the molecule is CC=C1CC(O)(C(F)(F)F)C(Nc2cc(F)c(F)c3nc(C)ncc23)c2ccc(F)c(OC)c21. The predicted molar refractivity (Wildman–Crippen MR) is 113 cm³/mol. The van der Waals surface area contributed by atoms with Crippen LogP contribution in [0.1, 0.15) is 36.3 Å². The monoisotopic (exact) mass is 483 g/mol. The molecule has 180 valence electrons. The molecule has 1 heterocycles. The van der Waals surface area contributed by atoms with Gasteiger partial charge in [-0.3, -0.25) is 0 Å². The number of aryl methyl sites for hydroxylation is 1. The zero-order chi connectivity index (χ0) is 25.0. The van der Waals surface area contributed by atoms with Crippen LogP contribution >= 0.6 is 0 Å². The summed E-state index contributed by atoms with van der Waals surface area (Å²) in [4.78, 5) is 7.78. The van der Waals surface area contributed by atoms with Gasteiger partial charge in [0.25, 0.3) is 0 Å². The number of rotatable bonds is 3. The van der Waals surface area contributed by atoms with Gasteiger partial charge in [-0.1, -0.05) is 12.1 Å². The third-order valence-corrected chi connectivity index (χ3v) is 5.94. The zero-order valence-corrected chi connectivity index (χ0v) is 18.2. The molecular formula is C23H19F6N3O2. The van der Waals surface area contributed by atoms with Crippen molar-refractivity contribution in [1.82, 2.24) is 9.97 Å². The summed E-state index contributed by atoms with van der Waals surface area (Å²) in [7, 11) is 1.17. The number of aliphatic hydroxyl groups is 1. The van der Waals surface area contributed by atoms with Crippen LogP contribution in [0.2, 0.25) is 0 Å². The number of nitrogens with one attached hydrogen (secondary N) is 1. The molecule has 2 atom stereocenters. The second kappa shape index (κ2) is 8.15. The second-order valence-corrected chi connectivity index (χ2v) is 7.93. The summed E-state index contributed by atoms with van der Waals surface area (Å²) >= 11 is 0. The molecule has 0 spiro atoms. The molecule has 0 saturated heterocycles. The summed E-state index contributed by atoms with van der Waals surface area (Å²) in [6.45, 7) is 2.90. The number of fused-ring (bicyclic) bond motifs is 2. The van der Waals surface area contributed by atoms with Crippen LogP contribution in [0.15, 0.2) is 30.5 Å². The summed E-state index contributed by atoms with van der Waals surface area (Å²) in [5.74, 6) is -3.63. The minimum atomic E-state index is -5.15. The topological polar surface area (TPSA) is 67.3 Å². The molecule has 5 nitrogen and oxygen atoms in total. The average Bonchev–Trinajstić information content (AvgIpc) is 2.77. The van der Waals surface area contributed by atoms with E-state index in [0.29, 0.717) is 6.07 Å². The molecule has 0 amide bonds. The third-order valence-electron chi connectivity index (χ3n) is 5.94. The molecule has 11 heteroatoms. The quantitative estimate of drug-likeness (QED) is 0.474. The van der Waals surface area contributed by atoms with Gasteiger partial charge in [0.1, 0.15) is 11.3 Å². The van der Waals surface area contributed by atoms with Gasteiger partial charge in [0, 0.05) is 35.3 Å². The summed E-state index contributed by atoms with van der Waals surface area (Å²) in [5, 5.41) is 13.4. The zero-order valence-electron chi connectivity index (χ0n) is 18.2. The number of benzene rings is 2. The molecule has 0 radical (unpaired) electrons. The van der Waals surface area contributed by atoms with Crippen molar-refractivity contribution < 1.29 is 36.2 Å². The first-order chi connectivity index (χ1) is 15.9. The van der Waals surface area contributed by atoms with Gasteiger partial charge in [-0.25, -0.2) is 23.1 Å². The number of aromatic nitrogens is 2. The molecular weight excluding hydrogens is 464 g/mol. The lowest BCUT2D eigenvalue weighted by atomic mass is 9.72. The molecule has 1 aliphatic carbocycles. The normalized spacial score (nSPS) is 21.6. The van der Waals surface area contributed by atoms with E-state index in [1.165, 1.54) is 27.0 Å². The van der Waals surface area contributed by atoms with E-state index in [-0.39, 0.29) is 39.3 Å². The lowest BCUT2D eigenvalue weighted by Crippen LogP contribution is -2.54. The summed E-state index contributed by atoms with van der Waals surface area (Å²) < 4.78 is 91.1. The number of methoxy groups -OCH3 is 1. The Balaban J connectivity index is 2.00. The number of hydrogen-bond donors (Lipinski definition) is 2. The number of nitrogens with zero attached hydrogens (tertiary/aromatic N) is 2. The lowest BCUT2D eigenvalue weighted by molar-refractivity contribution is -0.265. The first-order valence-electron chi connectivity index (χ1n) is 10.1. The van der Waals surface area contributed by atoms with Gasteiger partial charge < -0.3 is 15.2 Å². The van der Waals surface area contributed by atoms with Crippen LogP contribution in [0, 0.1) is 24.4 Å². The van der Waals surface area contributed by atoms with Gasteiger partial charge in [-0.05, 0) is 31.1 Å². The number of hydrogen-bond acceptors (Lipinski definition) is 5. The van der Waals surface area contributed by atoms with Gasteiger partial charge in [0.05, 0.1) is 13.2 Å². The first kappa shape index (κ1) is 23.8. The van der Waals surface area contributed by atoms with Crippen LogP contribution in [0.5, 0.6) is 5.75 Å². The first-order valence-corrected chi connectivity index (χ1v) is 10.1. The van der Waals surface area contributed by atoms with Crippen molar-refractivity contribution in [3.8, 4) is 5.75 Å². The van der Waals surface area contributed by atoms with Crippen molar-refractivity contribution in [2.75, 3.05) is 12.4 Å². The van der Waals surface area contributed by atoms with E-state index in [1.807, 2.05) is 0 Å². The van der Waals surface area contributed by atoms with Gasteiger partial charge >= 0.3 is 6.18 Å². The highest BCUT2D eigenvalue weighted by atomic mass is 19.4. The van der Waals surface area contributed by atoms with Crippen molar-refractivity contribution in [1.29, 1.82) is 0 Å². The molecule has 0 saturated carbocycles. The van der Waals surface area contributed by atoms with Crippen LogP contribution in [-0.2, 0) is 0 Å². The Morgan fingerprint density at radius 2 is 1.91 bits per heavy atom. The largest absolute Gasteiger partial charge is 0.493 e. The van der Waals surface area contributed by atoms with Crippen molar-refractivity contribution in [3.05, 3.63) is 64.9 Å². The maximum absolute atomic E-state index is 14.4. The molecule has 1 aliphatic rings. The molecule has 2 unspecified atom stereocenters. The van der Waals surface area contributed by atoms with Gasteiger partial charge in [-0.15, -0.1) is 0 Å². The number of alkyl halides is 3. The average molecular weight is 483 g/mol. The van der Waals surface area contributed by atoms with Gasteiger partial charge in [-0.2, -0.15) is 13.2 Å². The fourth-order valence-corrected chi connectivity index (χ4v) is 4.28. The van der Waals surface area contributed by atoms with E-state index in [1.54, 1.807) is 0 Å². The van der Waals surface area contributed by atoms with Gasteiger partial charge in [0.15, 0.2) is 28.8 Å². The minimum absolute atomic E-state index is 0.0123. The molecule has 34 heavy (non-hydrogen) atoms. The Kier molecular flexibility index (Phi) is 5.71. The van der Waals surface area contributed by atoms with Crippen LogP contribution in [-0.4, -0.2) is 34.0 Å². The number of allylic oxidation sites excluding steroid dienone is 1. The molecule has 0 aliphatic heterocycles. The Morgan fingerprint density at radius 1 is 1.21 bits per heavy atom. The Hall–Kier alpha value is -3.34. The number of anilines is 1. The van der Waals surface area contributed by atoms with Crippen molar-refractivity contribution in [2.24, 2.45) is 0 Å². The standard InChI is InChI=1S/C23H19F6N3O2/c1-4-11-8-22(33,23(27,28)29)21(12-5-6-14(24)20(34-3)17(11)12)32-16-7-15(25)18(26)19-13(16)9-30-10(2)31-19/h4-7,9,21,32-33H,8H2,1-3H3. The Bertz CT molecular complexity index is 1320. The smallest absolute Gasteiger partial charge is 0.419 e. The maximum Gasteiger partial charge on any atom is 0.419 e. The number of ether oxygens (including phenoxy) is 1. The van der Waals surface area contributed by atoms with Crippen molar-refractivity contribution in [3.63, 3.8) is 0 Å². The van der Waals surface area contributed by atoms with E-state index in [9.17, 15) is 31.4 Å². The molecule has 2 aromatic carbocycles. The fraction of sp³-hybridized carbons (Fsp3) is 0.304. The van der Waals surface area contributed by atoms with E-state index >= 15 is 0 Å². The highest BCUT2D eigenvalue weighted by Crippen LogP contribution is 2.54. The summed E-state index contributed by atoms with van der Waals surface area (Å²) in [6.07, 6.45) is -3.62. The van der Waals surface area contributed by atoms with Crippen LogP contribution in [0.3, 0.4) is 0 Å². The third kappa shape index (κ3) is 3.54. The van der Waals surface area contributed by atoms with E-state index in [4.69, 9.17) is 4.74 Å². The number of halogens is 6. The van der Waals surface area contributed by atoms with E-state index in [0.717, 1.165) is 18.3 Å². The molecule has 2 N–H and O–H groups in total. The van der Waals surface area contributed by atoms with Crippen LogP contribution < -0.4 is 10.1 Å². The molecule has 0 bridgehead atoms.